The molecule has 2 heterocycles. The number of β-amino-alcohol motifs (C(OH)–C–C–N with tert-alkyl or cyclic N) is 1. The van der Waals surface area contributed by atoms with E-state index in [0.29, 0.717) is 6.54 Å². The number of para-hydroxylation sites is 2. The second kappa shape index (κ2) is 8.54. The van der Waals surface area contributed by atoms with Crippen molar-refractivity contribution in [1.82, 2.24) is 9.88 Å². The predicted octanol–water partition coefficient (Wildman–Crippen LogP) is 2.74. The van der Waals surface area contributed by atoms with Gasteiger partial charge in [-0.15, -0.1) is 0 Å². The maximum absolute atomic E-state index is 10.4. The predicted molar refractivity (Wildman–Crippen MR) is 111 cm³/mol. The first kappa shape index (κ1) is 18.7. The molecular formula is C22H27N3O3. The summed E-state index contributed by atoms with van der Waals surface area (Å²) in [6, 6.07) is 16.0. The molecule has 148 valence electrons. The fraction of sp³-hybridized carbons (Fsp3) is 0.364. The summed E-state index contributed by atoms with van der Waals surface area (Å²) in [5.74, 6) is 1.71. The normalized spacial score (nSPS) is 16.3. The van der Waals surface area contributed by atoms with Gasteiger partial charge in [-0.05, 0) is 30.3 Å². The van der Waals surface area contributed by atoms with Gasteiger partial charge < -0.3 is 24.5 Å². The van der Waals surface area contributed by atoms with Crippen LogP contribution in [0.3, 0.4) is 0 Å². The maximum atomic E-state index is 10.4. The zero-order chi connectivity index (χ0) is 19.3. The van der Waals surface area contributed by atoms with Gasteiger partial charge in [0.05, 0.1) is 12.8 Å². The van der Waals surface area contributed by atoms with E-state index in [1.807, 2.05) is 48.7 Å². The van der Waals surface area contributed by atoms with E-state index in [9.17, 15) is 5.11 Å². The molecular weight excluding hydrogens is 354 g/mol. The number of fused-ring (bicyclic) bond motifs is 1. The van der Waals surface area contributed by atoms with Crippen molar-refractivity contribution in [2.75, 3.05) is 51.3 Å². The summed E-state index contributed by atoms with van der Waals surface area (Å²) in [4.78, 5) is 7.80. The first-order valence-corrected chi connectivity index (χ1v) is 9.72. The fourth-order valence-corrected chi connectivity index (χ4v) is 3.78. The summed E-state index contributed by atoms with van der Waals surface area (Å²) >= 11 is 0. The Kier molecular flexibility index (Phi) is 5.69. The Morgan fingerprint density at radius 2 is 1.79 bits per heavy atom. The van der Waals surface area contributed by atoms with Crippen LogP contribution in [0, 0.1) is 0 Å². The van der Waals surface area contributed by atoms with Gasteiger partial charge in [-0.3, -0.25) is 4.90 Å². The average Bonchev–Trinajstić information content (AvgIpc) is 3.22. The molecule has 0 amide bonds. The van der Waals surface area contributed by atoms with Crippen molar-refractivity contribution in [3.63, 3.8) is 0 Å². The Morgan fingerprint density at radius 3 is 2.61 bits per heavy atom. The minimum atomic E-state index is -0.521. The van der Waals surface area contributed by atoms with Crippen molar-refractivity contribution in [2.45, 2.75) is 6.10 Å². The first-order valence-electron chi connectivity index (χ1n) is 9.72. The lowest BCUT2D eigenvalue weighted by molar-refractivity contribution is 0.0668. The molecule has 0 unspecified atom stereocenters. The van der Waals surface area contributed by atoms with Crippen molar-refractivity contribution < 1.29 is 14.6 Å². The number of anilines is 1. The molecule has 0 bridgehead atoms. The topological polar surface area (TPSA) is 61.0 Å². The smallest absolute Gasteiger partial charge is 0.142 e. The number of piperazine rings is 1. The lowest BCUT2D eigenvalue weighted by Gasteiger charge is -2.37. The minimum absolute atomic E-state index is 0.289. The van der Waals surface area contributed by atoms with Crippen molar-refractivity contribution in [3.05, 3.63) is 54.7 Å². The Balaban J connectivity index is 1.27. The second-order valence-corrected chi connectivity index (χ2v) is 7.12. The van der Waals surface area contributed by atoms with Gasteiger partial charge in [-0.1, -0.05) is 18.2 Å². The van der Waals surface area contributed by atoms with E-state index in [1.165, 1.54) is 0 Å². The highest BCUT2D eigenvalue weighted by atomic mass is 16.5. The Labute approximate surface area is 165 Å². The van der Waals surface area contributed by atoms with E-state index in [0.717, 1.165) is 54.3 Å². The van der Waals surface area contributed by atoms with Crippen LogP contribution in [0.5, 0.6) is 11.5 Å². The number of nitrogens with zero attached hydrogens (tertiary/aromatic N) is 2. The second-order valence-electron chi connectivity index (χ2n) is 7.12. The SMILES string of the molecule is COc1ccccc1N1CCN(C[C@H](O)COc2cccc3[nH]ccc23)CC1. The van der Waals surface area contributed by atoms with E-state index < -0.39 is 6.10 Å². The number of nitrogens with one attached hydrogen (secondary N) is 1. The molecule has 2 aromatic carbocycles. The van der Waals surface area contributed by atoms with Crippen LogP contribution in [-0.4, -0.2) is 67.5 Å². The summed E-state index contributed by atoms with van der Waals surface area (Å²) in [5.41, 5.74) is 2.17. The molecule has 3 aromatic rings. The quantitative estimate of drug-likeness (QED) is 0.659. The number of hydrogen-bond acceptors (Lipinski definition) is 5. The van der Waals surface area contributed by atoms with Crippen LogP contribution in [0.1, 0.15) is 0 Å². The van der Waals surface area contributed by atoms with Crippen molar-refractivity contribution in [2.24, 2.45) is 0 Å². The number of aliphatic hydroxyl groups is 1. The minimum Gasteiger partial charge on any atom is -0.495 e. The lowest BCUT2D eigenvalue weighted by Crippen LogP contribution is -2.49. The van der Waals surface area contributed by atoms with Crippen LogP contribution >= 0.6 is 0 Å². The van der Waals surface area contributed by atoms with E-state index >= 15 is 0 Å². The van der Waals surface area contributed by atoms with E-state index in [1.54, 1.807) is 7.11 Å². The molecule has 6 heteroatoms. The summed E-state index contributed by atoms with van der Waals surface area (Å²) < 4.78 is 11.4. The van der Waals surface area contributed by atoms with Gasteiger partial charge in [0.2, 0.25) is 0 Å². The molecule has 1 aromatic heterocycles. The number of hydrogen-bond donors (Lipinski definition) is 2. The number of aromatic nitrogens is 1. The molecule has 1 fully saturated rings. The van der Waals surface area contributed by atoms with Crippen molar-refractivity contribution in [3.8, 4) is 11.5 Å². The van der Waals surface area contributed by atoms with Crippen LogP contribution in [0.25, 0.3) is 10.9 Å². The third-order valence-corrected chi connectivity index (χ3v) is 5.25. The summed E-state index contributed by atoms with van der Waals surface area (Å²) in [6.45, 7) is 4.54. The van der Waals surface area contributed by atoms with Gasteiger partial charge in [0.25, 0.3) is 0 Å². The fourth-order valence-electron chi connectivity index (χ4n) is 3.78. The highest BCUT2D eigenvalue weighted by molar-refractivity contribution is 5.85. The molecule has 0 aliphatic carbocycles. The van der Waals surface area contributed by atoms with E-state index in [2.05, 4.69) is 20.9 Å². The molecule has 1 aliphatic rings. The van der Waals surface area contributed by atoms with Crippen LogP contribution in [0.2, 0.25) is 0 Å². The molecule has 1 saturated heterocycles. The zero-order valence-electron chi connectivity index (χ0n) is 16.2. The number of H-pyrrole nitrogens is 1. The Hall–Kier alpha value is -2.70. The van der Waals surface area contributed by atoms with Crippen LogP contribution in [0.4, 0.5) is 5.69 Å². The molecule has 1 aliphatic heterocycles. The molecule has 4 rings (SSSR count). The lowest BCUT2D eigenvalue weighted by atomic mass is 10.2. The van der Waals surface area contributed by atoms with Crippen LogP contribution in [-0.2, 0) is 0 Å². The number of benzene rings is 2. The third kappa shape index (κ3) is 4.08. The molecule has 2 N–H and O–H groups in total. The highest BCUT2D eigenvalue weighted by Crippen LogP contribution is 2.28. The number of ether oxygens (including phenoxy) is 2. The average molecular weight is 381 g/mol. The van der Waals surface area contributed by atoms with Gasteiger partial charge in [-0.2, -0.15) is 0 Å². The largest absolute Gasteiger partial charge is 0.495 e. The maximum Gasteiger partial charge on any atom is 0.142 e. The Morgan fingerprint density at radius 1 is 1.00 bits per heavy atom. The number of aliphatic hydroxyl groups excluding tert-OH is 1. The van der Waals surface area contributed by atoms with Crippen LogP contribution < -0.4 is 14.4 Å². The standard InChI is InChI=1S/C22H27N3O3/c1-27-22-7-3-2-6-20(22)25-13-11-24(12-14-25)15-17(26)16-28-21-8-4-5-19-18(21)9-10-23-19/h2-10,17,23,26H,11-16H2,1H3/t17-/m0/s1. The molecule has 1 atom stereocenters. The monoisotopic (exact) mass is 381 g/mol. The van der Waals surface area contributed by atoms with Gasteiger partial charge in [0, 0.05) is 49.8 Å². The Bertz CT molecular complexity index is 903. The van der Waals surface area contributed by atoms with Gasteiger partial charge in [-0.25, -0.2) is 0 Å². The summed E-state index contributed by atoms with van der Waals surface area (Å²) in [7, 11) is 1.71. The highest BCUT2D eigenvalue weighted by Gasteiger charge is 2.21. The van der Waals surface area contributed by atoms with Gasteiger partial charge in [0.15, 0.2) is 0 Å². The van der Waals surface area contributed by atoms with Gasteiger partial charge in [0.1, 0.15) is 24.2 Å². The molecule has 0 radical (unpaired) electrons. The van der Waals surface area contributed by atoms with Crippen molar-refractivity contribution >= 4 is 16.6 Å². The van der Waals surface area contributed by atoms with E-state index in [4.69, 9.17) is 9.47 Å². The number of aromatic amines is 1. The third-order valence-electron chi connectivity index (χ3n) is 5.25. The zero-order valence-corrected chi connectivity index (χ0v) is 16.2. The molecule has 0 spiro atoms. The van der Waals surface area contributed by atoms with Crippen molar-refractivity contribution in [1.29, 1.82) is 0 Å². The first-order chi connectivity index (χ1) is 13.7. The number of rotatable bonds is 7. The number of methoxy groups -OCH3 is 1. The van der Waals surface area contributed by atoms with E-state index in [-0.39, 0.29) is 6.61 Å². The van der Waals surface area contributed by atoms with Crippen LogP contribution in [0.15, 0.2) is 54.7 Å². The summed E-state index contributed by atoms with van der Waals surface area (Å²) in [5, 5.41) is 11.5. The molecule has 0 saturated carbocycles. The molecule has 28 heavy (non-hydrogen) atoms. The van der Waals surface area contributed by atoms with Gasteiger partial charge >= 0.3 is 0 Å². The molecule has 6 nitrogen and oxygen atoms in total. The summed E-state index contributed by atoms with van der Waals surface area (Å²) in [6.07, 6.45) is 1.38.